The van der Waals surface area contributed by atoms with Gasteiger partial charge in [0.15, 0.2) is 0 Å². The smallest absolute Gasteiger partial charge is 0.322 e. The molecule has 2 fully saturated rings. The van der Waals surface area contributed by atoms with E-state index in [1.807, 2.05) is 0 Å². The van der Waals surface area contributed by atoms with Gasteiger partial charge in [0.2, 0.25) is 10.0 Å². The number of piperidine rings is 1. The minimum Gasteiger partial charge on any atom is -0.468 e. The van der Waals surface area contributed by atoms with Crippen LogP contribution in [-0.2, 0) is 26.1 Å². The van der Waals surface area contributed by atoms with Gasteiger partial charge in [0, 0.05) is 19.6 Å². The minimum absolute atomic E-state index is 0.231. The minimum atomic E-state index is -3.47. The van der Waals surface area contributed by atoms with Crippen molar-refractivity contribution < 1.29 is 22.3 Å². The molecule has 2 aliphatic rings. The third-order valence-electron chi connectivity index (χ3n) is 5.61. The summed E-state index contributed by atoms with van der Waals surface area (Å²) in [5.74, 6) is -0.360. The molecule has 9 heteroatoms. The Labute approximate surface area is 165 Å². The number of halogens is 1. The molecule has 0 spiro atoms. The zero-order chi connectivity index (χ0) is 20.1. The van der Waals surface area contributed by atoms with Gasteiger partial charge in [-0.1, -0.05) is 12.1 Å². The molecule has 1 aromatic carbocycles. The first-order chi connectivity index (χ1) is 13.4. The Morgan fingerprint density at radius 2 is 1.96 bits per heavy atom. The molecule has 2 unspecified atom stereocenters. The van der Waals surface area contributed by atoms with Crippen LogP contribution in [0.5, 0.6) is 0 Å². The molecule has 2 aliphatic heterocycles. The summed E-state index contributed by atoms with van der Waals surface area (Å²) in [6.07, 6.45) is 2.06. The maximum Gasteiger partial charge on any atom is 0.322 e. The van der Waals surface area contributed by atoms with Crippen molar-refractivity contribution in [1.82, 2.24) is 14.9 Å². The number of sulfonamides is 1. The van der Waals surface area contributed by atoms with Crippen LogP contribution in [0.15, 0.2) is 24.3 Å². The lowest BCUT2D eigenvalue weighted by Crippen LogP contribution is -2.41. The molecular weight excluding hydrogens is 385 g/mol. The predicted octanol–water partition coefficient (Wildman–Crippen LogP) is 0.861. The number of ether oxygens (including phenoxy) is 1. The van der Waals surface area contributed by atoms with Crippen molar-refractivity contribution in [2.45, 2.75) is 37.1 Å². The first-order valence-electron chi connectivity index (χ1n) is 9.64. The first-order valence-corrected chi connectivity index (χ1v) is 11.2. The number of hydrogen-bond donors (Lipinski definition) is 2. The Morgan fingerprint density at radius 1 is 1.29 bits per heavy atom. The third kappa shape index (κ3) is 5.50. The van der Waals surface area contributed by atoms with E-state index in [1.54, 1.807) is 12.1 Å². The number of hydrogen-bond acceptors (Lipinski definition) is 6. The van der Waals surface area contributed by atoms with Gasteiger partial charge in [-0.25, -0.2) is 17.5 Å². The lowest BCUT2D eigenvalue weighted by molar-refractivity contribution is -0.142. The number of carbonyl (C=O) groups is 1. The molecule has 0 radical (unpaired) electrons. The van der Waals surface area contributed by atoms with Crippen LogP contribution in [0.3, 0.4) is 0 Å². The lowest BCUT2D eigenvalue weighted by atomic mass is 9.97. The molecule has 1 aromatic rings. The van der Waals surface area contributed by atoms with E-state index >= 15 is 0 Å². The Hall–Kier alpha value is -1.55. The summed E-state index contributed by atoms with van der Waals surface area (Å²) in [5.41, 5.74) is 1.08. The maximum absolute atomic E-state index is 13.0. The van der Waals surface area contributed by atoms with Crippen LogP contribution >= 0.6 is 0 Å². The van der Waals surface area contributed by atoms with E-state index in [4.69, 9.17) is 0 Å². The van der Waals surface area contributed by atoms with Gasteiger partial charge >= 0.3 is 5.97 Å². The van der Waals surface area contributed by atoms with E-state index < -0.39 is 27.3 Å². The molecule has 3 rings (SSSR count). The van der Waals surface area contributed by atoms with Crippen molar-refractivity contribution in [3.8, 4) is 0 Å². The number of methoxy groups -OCH3 is 1. The monoisotopic (exact) mass is 413 g/mol. The number of nitrogens with zero attached hydrogens (tertiary/aromatic N) is 1. The summed E-state index contributed by atoms with van der Waals surface area (Å²) in [5, 5.41) is 2.29. The van der Waals surface area contributed by atoms with E-state index in [0.717, 1.165) is 38.0 Å². The normalized spacial score (nSPS) is 24.4. The van der Waals surface area contributed by atoms with Crippen LogP contribution in [0.25, 0.3) is 0 Å². The van der Waals surface area contributed by atoms with Gasteiger partial charge < -0.3 is 10.1 Å². The Bertz CT molecular complexity index is 764. The van der Waals surface area contributed by atoms with Gasteiger partial charge in [0.25, 0.3) is 0 Å². The van der Waals surface area contributed by atoms with Crippen molar-refractivity contribution in [2.24, 2.45) is 5.92 Å². The average molecular weight is 414 g/mol. The van der Waals surface area contributed by atoms with Crippen LogP contribution in [-0.4, -0.2) is 63.9 Å². The Kier molecular flexibility index (Phi) is 7.03. The van der Waals surface area contributed by atoms with Gasteiger partial charge in [-0.3, -0.25) is 9.69 Å². The van der Waals surface area contributed by atoms with E-state index in [9.17, 15) is 17.6 Å². The molecule has 156 valence electrons. The van der Waals surface area contributed by atoms with E-state index in [2.05, 4.69) is 19.7 Å². The van der Waals surface area contributed by atoms with E-state index in [1.165, 1.54) is 19.2 Å². The molecule has 0 bridgehead atoms. The second-order valence-corrected chi connectivity index (χ2v) is 9.63. The highest BCUT2D eigenvalue weighted by atomic mass is 32.2. The summed E-state index contributed by atoms with van der Waals surface area (Å²) < 4.78 is 45.4. The quantitative estimate of drug-likeness (QED) is 0.645. The van der Waals surface area contributed by atoms with Gasteiger partial charge in [-0.05, 0) is 56.0 Å². The second-order valence-electron chi connectivity index (χ2n) is 7.58. The predicted molar refractivity (Wildman–Crippen MR) is 104 cm³/mol. The van der Waals surface area contributed by atoms with Crippen molar-refractivity contribution in [2.75, 3.05) is 33.3 Å². The molecule has 2 atom stereocenters. The zero-order valence-corrected chi connectivity index (χ0v) is 16.9. The topological polar surface area (TPSA) is 87.7 Å². The number of esters is 1. The Balaban J connectivity index is 1.41. The second kappa shape index (κ2) is 9.30. The summed E-state index contributed by atoms with van der Waals surface area (Å²) in [7, 11) is -2.17. The molecule has 2 saturated heterocycles. The van der Waals surface area contributed by atoms with Crippen LogP contribution in [0.1, 0.15) is 24.8 Å². The van der Waals surface area contributed by atoms with E-state index in [0.29, 0.717) is 12.5 Å². The molecule has 2 N–H and O–H groups in total. The molecule has 7 nitrogen and oxygen atoms in total. The highest BCUT2D eigenvalue weighted by molar-refractivity contribution is 7.90. The summed E-state index contributed by atoms with van der Waals surface area (Å²) in [6.45, 7) is 3.23. The highest BCUT2D eigenvalue weighted by Gasteiger charge is 2.37. The Morgan fingerprint density at radius 3 is 2.61 bits per heavy atom. The third-order valence-corrected chi connectivity index (χ3v) is 7.42. The number of likely N-dealkylation sites (tertiary alicyclic amines) is 1. The molecule has 2 heterocycles. The lowest BCUT2D eigenvalue weighted by Gasteiger charge is -2.32. The highest BCUT2D eigenvalue weighted by Crippen LogP contribution is 2.20. The SMILES string of the molecule is COC(=O)C1CC(S(=O)(=O)NCC2CCN(Cc3ccc(F)cc3)CC2)CN1. The molecule has 0 amide bonds. The zero-order valence-electron chi connectivity index (χ0n) is 16.1. The van der Waals surface area contributed by atoms with Crippen LogP contribution in [0.2, 0.25) is 0 Å². The van der Waals surface area contributed by atoms with E-state index in [-0.39, 0.29) is 18.8 Å². The molecule has 28 heavy (non-hydrogen) atoms. The van der Waals surface area contributed by atoms with Crippen LogP contribution < -0.4 is 10.0 Å². The fraction of sp³-hybridized carbons (Fsp3) is 0.632. The van der Waals surface area contributed by atoms with Crippen molar-refractivity contribution in [1.29, 1.82) is 0 Å². The fourth-order valence-electron chi connectivity index (χ4n) is 3.81. The average Bonchev–Trinajstić information content (AvgIpc) is 3.20. The van der Waals surface area contributed by atoms with Crippen molar-refractivity contribution >= 4 is 16.0 Å². The number of nitrogens with one attached hydrogen (secondary N) is 2. The summed E-state index contributed by atoms with van der Waals surface area (Å²) in [6, 6.07) is 5.99. The maximum atomic E-state index is 13.0. The number of carbonyl (C=O) groups excluding carboxylic acids is 1. The van der Waals surface area contributed by atoms with Crippen LogP contribution in [0, 0.1) is 11.7 Å². The van der Waals surface area contributed by atoms with Gasteiger partial charge in [-0.15, -0.1) is 0 Å². The largest absolute Gasteiger partial charge is 0.468 e. The molecule has 0 saturated carbocycles. The standard InChI is InChI=1S/C19H28FN3O4S/c1-27-19(24)18-10-17(12-21-18)28(25,26)22-11-14-6-8-23(9-7-14)13-15-2-4-16(20)5-3-15/h2-5,14,17-18,21-22H,6-13H2,1H3. The van der Waals surface area contributed by atoms with Crippen molar-refractivity contribution in [3.63, 3.8) is 0 Å². The fourth-order valence-corrected chi connectivity index (χ4v) is 5.28. The summed E-state index contributed by atoms with van der Waals surface area (Å²) >= 11 is 0. The van der Waals surface area contributed by atoms with Gasteiger partial charge in [0.05, 0.1) is 12.4 Å². The van der Waals surface area contributed by atoms with Gasteiger partial charge in [-0.2, -0.15) is 0 Å². The first kappa shape index (κ1) is 21.2. The van der Waals surface area contributed by atoms with Gasteiger partial charge in [0.1, 0.15) is 11.9 Å². The molecular formula is C19H28FN3O4S. The van der Waals surface area contributed by atoms with Crippen LogP contribution in [0.4, 0.5) is 4.39 Å². The number of rotatable bonds is 7. The number of benzene rings is 1. The molecule has 0 aliphatic carbocycles. The molecule has 0 aromatic heterocycles. The summed E-state index contributed by atoms with van der Waals surface area (Å²) in [4.78, 5) is 13.9. The van der Waals surface area contributed by atoms with Crippen molar-refractivity contribution in [3.05, 3.63) is 35.6 Å².